The summed E-state index contributed by atoms with van der Waals surface area (Å²) in [7, 11) is 1.96. The molecule has 404 valence electrons. The van der Waals surface area contributed by atoms with E-state index in [1.165, 1.54) is 43.5 Å². The summed E-state index contributed by atoms with van der Waals surface area (Å²) < 4.78 is 28.7. The normalized spacial score (nSPS) is 13.1. The topological polar surface area (TPSA) is 36.9 Å². The first-order valence-electron chi connectivity index (χ1n) is 27.8. The summed E-state index contributed by atoms with van der Waals surface area (Å²) in [6, 6.07) is 63.0. The second-order valence-electron chi connectivity index (χ2n) is 25.4. The Balaban J connectivity index is 1.33. The second-order valence-corrected chi connectivity index (χ2v) is 29.6. The first-order chi connectivity index (χ1) is 37.1. The Kier molecular flexibility index (Phi) is 16.9. The highest BCUT2D eigenvalue weighted by Gasteiger charge is 2.30. The smallest absolute Gasteiger partial charge is 0.126 e. The average molecular weight is 1080 g/mol. The van der Waals surface area contributed by atoms with Crippen LogP contribution in [0.3, 0.4) is 0 Å². The summed E-state index contributed by atoms with van der Waals surface area (Å²) in [5, 5.41) is 5.14. The molecule has 0 heterocycles. The number of ether oxygens (including phenoxy) is 4. The summed E-state index contributed by atoms with van der Waals surface area (Å²) in [6.45, 7) is 27.9. The van der Waals surface area contributed by atoms with E-state index in [1.807, 2.05) is 14.2 Å². The van der Waals surface area contributed by atoms with Crippen LogP contribution in [0.1, 0.15) is 150 Å². The maximum Gasteiger partial charge on any atom is 0.126 e. The van der Waals surface area contributed by atoms with Crippen molar-refractivity contribution >= 4 is 37.1 Å². The van der Waals surface area contributed by atoms with Gasteiger partial charge in [0.2, 0.25) is 0 Å². The monoisotopic (exact) mass is 1070 g/mol. The SMILES string of the molecule is CC(C)(C)c1cc2c(O[13CH3])c(c1)Cc1cc(C(C)(C)C)cc(c1OCP(c1ccccc1)c1ccccc1)Cc1cc(C(C)(C)C)cc(c1O[13CH3])Cc1cc(C(C)(C)C)cc(c1OCP(c1ccccc1)c1ccccc1)C2. The Morgan fingerprint density at radius 2 is 0.487 bits per heavy atom. The third kappa shape index (κ3) is 12.9. The molecule has 8 aromatic rings. The van der Waals surface area contributed by atoms with Crippen molar-refractivity contribution in [2.75, 3.05) is 26.9 Å². The van der Waals surface area contributed by atoms with Gasteiger partial charge < -0.3 is 18.9 Å². The highest BCUT2D eigenvalue weighted by molar-refractivity contribution is 7.73. The fourth-order valence-corrected chi connectivity index (χ4v) is 14.6. The number of fused-ring (bicyclic) bond motifs is 8. The maximum absolute atomic E-state index is 7.58. The van der Waals surface area contributed by atoms with E-state index in [0.29, 0.717) is 38.4 Å². The zero-order valence-corrected chi connectivity index (χ0v) is 50.7. The van der Waals surface area contributed by atoms with Crippen molar-refractivity contribution in [3.8, 4) is 23.0 Å². The molecule has 4 nitrogen and oxygen atoms in total. The molecule has 0 aliphatic heterocycles. The van der Waals surface area contributed by atoms with Gasteiger partial charge in [0.1, 0.15) is 35.7 Å². The number of methoxy groups -OCH3 is 2. The van der Waals surface area contributed by atoms with Gasteiger partial charge in [-0.05, 0) is 125 Å². The summed E-state index contributed by atoms with van der Waals surface area (Å²) in [5.41, 5.74) is 13.6. The molecule has 0 unspecified atom stereocenters. The molecule has 1 aliphatic rings. The Labute approximate surface area is 470 Å². The molecule has 0 spiro atoms. The first kappa shape index (κ1) is 56.5. The molecule has 9 rings (SSSR count). The van der Waals surface area contributed by atoms with E-state index in [2.05, 4.69) is 253 Å². The largest absolute Gasteiger partial charge is 0.496 e. The molecule has 1 aliphatic carbocycles. The Bertz CT molecular complexity index is 2940. The van der Waals surface area contributed by atoms with Gasteiger partial charge in [-0.2, -0.15) is 0 Å². The molecule has 0 saturated heterocycles. The van der Waals surface area contributed by atoms with Gasteiger partial charge in [-0.1, -0.05) is 253 Å². The van der Waals surface area contributed by atoms with E-state index in [4.69, 9.17) is 18.9 Å². The first-order valence-corrected chi connectivity index (χ1v) is 30.9. The van der Waals surface area contributed by atoms with E-state index < -0.39 is 15.8 Å². The second kappa shape index (κ2) is 23.3. The van der Waals surface area contributed by atoms with Gasteiger partial charge in [-0.25, -0.2) is 0 Å². The third-order valence-corrected chi connectivity index (χ3v) is 19.8. The van der Waals surface area contributed by atoms with Crippen LogP contribution in [0, 0.1) is 0 Å². The van der Waals surface area contributed by atoms with Crippen molar-refractivity contribution in [3.05, 3.63) is 237 Å². The molecule has 0 saturated carbocycles. The van der Waals surface area contributed by atoms with Crippen LogP contribution in [-0.4, -0.2) is 26.9 Å². The molecule has 8 aromatic carbocycles. The van der Waals surface area contributed by atoms with E-state index in [9.17, 15) is 0 Å². The lowest BCUT2D eigenvalue weighted by molar-refractivity contribution is 0.378. The molecule has 78 heavy (non-hydrogen) atoms. The average Bonchev–Trinajstić information content (AvgIpc) is 3.49. The Hall–Kier alpha value is -6.18. The lowest BCUT2D eigenvalue weighted by Gasteiger charge is -2.29. The highest BCUT2D eigenvalue weighted by Crippen LogP contribution is 2.46. The van der Waals surface area contributed by atoms with Crippen molar-refractivity contribution in [1.29, 1.82) is 0 Å². The van der Waals surface area contributed by atoms with Gasteiger partial charge in [0, 0.05) is 25.7 Å². The molecule has 0 amide bonds. The predicted octanol–water partition coefficient (Wildman–Crippen LogP) is 16.5. The maximum atomic E-state index is 7.58. The van der Waals surface area contributed by atoms with Gasteiger partial charge in [0.05, 0.1) is 14.2 Å². The zero-order chi connectivity index (χ0) is 55.6. The van der Waals surface area contributed by atoms with Crippen molar-refractivity contribution < 1.29 is 18.9 Å². The van der Waals surface area contributed by atoms with Gasteiger partial charge in [0.15, 0.2) is 0 Å². The summed E-state index contributed by atoms with van der Waals surface area (Å²) in [5.74, 6) is 3.69. The van der Waals surface area contributed by atoms with E-state index in [-0.39, 0.29) is 21.7 Å². The van der Waals surface area contributed by atoms with Crippen molar-refractivity contribution in [2.24, 2.45) is 0 Å². The molecule has 0 fully saturated rings. The predicted molar refractivity (Wildman–Crippen MR) is 334 cm³/mol. The van der Waals surface area contributed by atoms with Crippen LogP contribution in [0.2, 0.25) is 0 Å². The lowest BCUT2D eigenvalue weighted by Crippen LogP contribution is -2.19. The van der Waals surface area contributed by atoms with Crippen molar-refractivity contribution in [1.82, 2.24) is 0 Å². The minimum atomic E-state index is -0.874. The van der Waals surface area contributed by atoms with Crippen LogP contribution in [0.5, 0.6) is 23.0 Å². The fraction of sp³-hybridized carbons (Fsp3) is 0.333. The molecular weight excluding hydrogens is 993 g/mol. The minimum absolute atomic E-state index is 0.153. The summed E-state index contributed by atoms with van der Waals surface area (Å²) in [4.78, 5) is 0. The van der Waals surface area contributed by atoms with Crippen LogP contribution in [-0.2, 0) is 47.3 Å². The highest BCUT2D eigenvalue weighted by atomic mass is 31.1. The van der Waals surface area contributed by atoms with Crippen LogP contribution in [0.25, 0.3) is 0 Å². The molecule has 0 aromatic heterocycles. The van der Waals surface area contributed by atoms with Gasteiger partial charge in [0.25, 0.3) is 0 Å². The van der Waals surface area contributed by atoms with E-state index in [1.54, 1.807) is 0 Å². The van der Waals surface area contributed by atoms with Gasteiger partial charge in [-0.3, -0.25) is 0 Å². The summed E-state index contributed by atoms with van der Waals surface area (Å²) in [6.07, 6.45) is 3.50. The fourth-order valence-electron chi connectivity index (χ4n) is 10.8. The van der Waals surface area contributed by atoms with Crippen LogP contribution >= 0.6 is 15.8 Å². The Morgan fingerprint density at radius 1 is 0.295 bits per heavy atom. The number of hydrogen-bond donors (Lipinski definition) is 0. The number of hydrogen-bond acceptors (Lipinski definition) is 4. The van der Waals surface area contributed by atoms with Gasteiger partial charge in [-0.15, -0.1) is 0 Å². The zero-order valence-electron chi connectivity index (χ0n) is 48.9. The minimum Gasteiger partial charge on any atom is -0.496 e. The van der Waals surface area contributed by atoms with Crippen LogP contribution in [0.15, 0.2) is 170 Å². The molecule has 0 atom stereocenters. The van der Waals surface area contributed by atoms with Gasteiger partial charge >= 0.3 is 0 Å². The van der Waals surface area contributed by atoms with E-state index >= 15 is 0 Å². The lowest BCUT2D eigenvalue weighted by atomic mass is 9.79. The van der Waals surface area contributed by atoms with Crippen molar-refractivity contribution in [2.45, 2.75) is 130 Å². The number of rotatable bonds is 12. The number of benzene rings is 8. The molecule has 6 heteroatoms. The Morgan fingerprint density at radius 3 is 0.667 bits per heavy atom. The standard InChI is InChI=1S/C72H82O4P2/c1-69(2,3)57-39-49-35-53-43-59(71(7,8)9)45-55(67(53)75-47-77(61-27-19-15-20-28-61)62-29-21-16-22-30-62)37-51-41-58(70(4,5)6)42-52(66(51)74-14)38-56-46-60(72(10,11)12)44-54(36-50(40-57)65(49)73-13)68(56)76-48-78(63-31-23-17-24-32-63)64-33-25-18-26-34-64/h15-34,39-46H,35-38,47-48H2,1-14H3/i13+1,14+1. The van der Waals surface area contributed by atoms with E-state index in [0.717, 1.165) is 67.5 Å². The molecule has 0 radical (unpaired) electrons. The molecular formula is C72H82O4P2. The quantitative estimate of drug-likeness (QED) is 0.0902. The summed E-state index contributed by atoms with van der Waals surface area (Å²) >= 11 is 0. The molecule has 8 bridgehead atoms. The van der Waals surface area contributed by atoms with Crippen LogP contribution in [0.4, 0.5) is 0 Å². The van der Waals surface area contributed by atoms with Crippen molar-refractivity contribution in [3.63, 3.8) is 0 Å². The van der Waals surface area contributed by atoms with Crippen LogP contribution < -0.4 is 40.2 Å². The third-order valence-electron chi connectivity index (χ3n) is 15.3. The molecule has 0 N–H and O–H groups in total.